The molecular weight excluding hydrogens is 280 g/mol. The first-order chi connectivity index (χ1) is 10.2. The van der Waals surface area contributed by atoms with Crippen LogP contribution in [0.3, 0.4) is 0 Å². The topological polar surface area (TPSA) is 61.6 Å². The van der Waals surface area contributed by atoms with E-state index < -0.39 is 0 Å². The third kappa shape index (κ3) is 3.73. The zero-order valence-corrected chi connectivity index (χ0v) is 13.2. The smallest absolute Gasteiger partial charge is 0.189 e. The van der Waals surface area contributed by atoms with Gasteiger partial charge in [0, 0.05) is 12.1 Å². The van der Waals surface area contributed by atoms with Gasteiger partial charge in [0.05, 0.1) is 5.69 Å². The average molecular weight is 298 g/mol. The lowest BCUT2D eigenvalue weighted by molar-refractivity contribution is 0.685. The van der Waals surface area contributed by atoms with Crippen molar-refractivity contribution in [2.75, 3.05) is 18.1 Å². The van der Waals surface area contributed by atoms with Gasteiger partial charge in [0.15, 0.2) is 5.16 Å². The fourth-order valence-electron chi connectivity index (χ4n) is 1.87. The molecule has 0 saturated carbocycles. The maximum atomic E-state index is 9.51. The van der Waals surface area contributed by atoms with Crippen LogP contribution >= 0.6 is 11.8 Å². The Morgan fingerprint density at radius 1 is 1.24 bits per heavy atom. The molecule has 4 nitrogen and oxygen atoms in total. The molecule has 2 aromatic rings. The van der Waals surface area contributed by atoms with Crippen molar-refractivity contribution >= 4 is 17.6 Å². The van der Waals surface area contributed by atoms with E-state index in [9.17, 15) is 5.26 Å². The summed E-state index contributed by atoms with van der Waals surface area (Å²) in [6.07, 6.45) is 1.93. The Morgan fingerprint density at radius 3 is 2.52 bits per heavy atom. The van der Waals surface area contributed by atoms with Gasteiger partial charge < -0.3 is 5.32 Å². The van der Waals surface area contributed by atoms with Crippen LogP contribution < -0.4 is 5.32 Å². The highest BCUT2D eigenvalue weighted by atomic mass is 32.2. The normalized spacial score (nSPS) is 10.4. The van der Waals surface area contributed by atoms with Crippen molar-refractivity contribution in [3.05, 3.63) is 35.9 Å². The summed E-state index contributed by atoms with van der Waals surface area (Å²) < 4.78 is 0. The van der Waals surface area contributed by atoms with Crippen molar-refractivity contribution in [1.82, 2.24) is 9.97 Å². The van der Waals surface area contributed by atoms with Gasteiger partial charge in [-0.1, -0.05) is 55.9 Å². The summed E-state index contributed by atoms with van der Waals surface area (Å²) in [5.41, 5.74) is 2.11. The zero-order valence-electron chi connectivity index (χ0n) is 12.4. The third-order valence-electron chi connectivity index (χ3n) is 2.91. The van der Waals surface area contributed by atoms with Gasteiger partial charge in [-0.15, -0.1) is 0 Å². The Kier molecular flexibility index (Phi) is 5.18. The van der Waals surface area contributed by atoms with Gasteiger partial charge >= 0.3 is 0 Å². The van der Waals surface area contributed by atoms with Crippen LogP contribution in [0.2, 0.25) is 0 Å². The lowest BCUT2D eigenvalue weighted by Crippen LogP contribution is -2.12. The lowest BCUT2D eigenvalue weighted by Gasteiger charge is -2.13. The number of anilines is 1. The van der Waals surface area contributed by atoms with Gasteiger partial charge in [0.2, 0.25) is 0 Å². The third-order valence-corrected chi connectivity index (χ3v) is 3.46. The van der Waals surface area contributed by atoms with Crippen molar-refractivity contribution in [1.29, 1.82) is 5.26 Å². The summed E-state index contributed by atoms with van der Waals surface area (Å²) in [6.45, 7) is 5.01. The number of aromatic nitrogens is 2. The van der Waals surface area contributed by atoms with E-state index in [4.69, 9.17) is 0 Å². The Balaban J connectivity index is 2.53. The minimum atomic E-state index is 0.476. The number of nitrogens with zero attached hydrogens (tertiary/aromatic N) is 3. The minimum Gasteiger partial charge on any atom is -0.369 e. The molecule has 0 unspecified atom stereocenters. The van der Waals surface area contributed by atoms with E-state index in [1.54, 1.807) is 0 Å². The minimum absolute atomic E-state index is 0.476. The van der Waals surface area contributed by atoms with Crippen LogP contribution in [0.1, 0.15) is 19.4 Å². The number of hydrogen-bond donors (Lipinski definition) is 1. The van der Waals surface area contributed by atoms with Crippen LogP contribution in [0.4, 0.5) is 5.82 Å². The average Bonchev–Trinajstić information content (AvgIpc) is 2.52. The van der Waals surface area contributed by atoms with Crippen molar-refractivity contribution in [2.24, 2.45) is 5.92 Å². The molecule has 108 valence electrons. The van der Waals surface area contributed by atoms with E-state index >= 15 is 0 Å². The molecule has 1 N–H and O–H groups in total. The molecule has 0 atom stereocenters. The monoisotopic (exact) mass is 298 g/mol. The first-order valence-electron chi connectivity index (χ1n) is 6.81. The van der Waals surface area contributed by atoms with Gasteiger partial charge in [0.1, 0.15) is 17.5 Å². The molecule has 0 radical (unpaired) electrons. The highest BCUT2D eigenvalue weighted by Gasteiger charge is 2.15. The van der Waals surface area contributed by atoms with Crippen molar-refractivity contribution in [3.8, 4) is 17.3 Å². The molecule has 0 amide bonds. The summed E-state index contributed by atoms with van der Waals surface area (Å²) in [6, 6.07) is 12.0. The number of benzene rings is 1. The van der Waals surface area contributed by atoms with Crippen LogP contribution in [0.15, 0.2) is 35.5 Å². The van der Waals surface area contributed by atoms with E-state index in [1.165, 1.54) is 11.8 Å². The molecule has 21 heavy (non-hydrogen) atoms. The predicted molar refractivity (Wildman–Crippen MR) is 87.3 cm³/mol. The largest absolute Gasteiger partial charge is 0.369 e. The molecule has 0 aliphatic rings. The van der Waals surface area contributed by atoms with Gasteiger partial charge in [-0.25, -0.2) is 9.97 Å². The van der Waals surface area contributed by atoms with Crippen LogP contribution in [0.5, 0.6) is 0 Å². The fourth-order valence-corrected chi connectivity index (χ4v) is 2.24. The zero-order chi connectivity index (χ0) is 15.2. The number of hydrogen-bond acceptors (Lipinski definition) is 5. The second-order valence-corrected chi connectivity index (χ2v) is 5.81. The SMILES string of the molecule is CSc1nc(NCC(C)C)c(C#N)c(-c2ccccc2)n1. The molecule has 0 saturated heterocycles. The highest BCUT2D eigenvalue weighted by molar-refractivity contribution is 7.98. The summed E-state index contributed by atoms with van der Waals surface area (Å²) >= 11 is 1.47. The molecular formula is C16H18N4S. The number of nitriles is 1. The first kappa shape index (κ1) is 15.3. The van der Waals surface area contributed by atoms with E-state index in [0.717, 1.165) is 12.1 Å². The Labute approximate surface area is 129 Å². The summed E-state index contributed by atoms with van der Waals surface area (Å²) in [7, 11) is 0. The Morgan fingerprint density at radius 2 is 1.95 bits per heavy atom. The molecule has 5 heteroatoms. The van der Waals surface area contributed by atoms with Crippen LogP contribution in [-0.2, 0) is 0 Å². The predicted octanol–water partition coefficient (Wildman–Crippen LogP) is 3.81. The standard InChI is InChI=1S/C16H18N4S/c1-11(2)10-18-15-13(9-17)14(19-16(20-15)21-3)12-7-5-4-6-8-12/h4-8,11H,10H2,1-3H3,(H,18,19,20). The molecule has 0 aliphatic heterocycles. The molecule has 1 aromatic heterocycles. The summed E-state index contributed by atoms with van der Waals surface area (Å²) in [5.74, 6) is 1.09. The van der Waals surface area contributed by atoms with Gasteiger partial charge in [-0.05, 0) is 12.2 Å². The quantitative estimate of drug-likeness (QED) is 0.672. The summed E-state index contributed by atoms with van der Waals surface area (Å²) in [4.78, 5) is 8.95. The maximum Gasteiger partial charge on any atom is 0.189 e. The molecule has 0 fully saturated rings. The van der Waals surface area contributed by atoms with Gasteiger partial charge in [-0.2, -0.15) is 5.26 Å². The molecule has 1 heterocycles. The van der Waals surface area contributed by atoms with E-state index in [1.807, 2.05) is 36.6 Å². The lowest BCUT2D eigenvalue weighted by atomic mass is 10.1. The molecule has 1 aromatic carbocycles. The fraction of sp³-hybridized carbons (Fsp3) is 0.312. The summed E-state index contributed by atoms with van der Waals surface area (Å²) in [5, 5.41) is 13.4. The van der Waals surface area contributed by atoms with Gasteiger partial charge in [-0.3, -0.25) is 0 Å². The Bertz CT molecular complexity index is 647. The van der Waals surface area contributed by atoms with E-state index in [0.29, 0.717) is 28.1 Å². The Hall–Kier alpha value is -2.06. The molecule has 0 spiro atoms. The van der Waals surface area contributed by atoms with Crippen LogP contribution in [0, 0.1) is 17.2 Å². The molecule has 0 aliphatic carbocycles. The molecule has 2 rings (SSSR count). The number of thioether (sulfide) groups is 1. The molecule has 0 bridgehead atoms. The number of rotatable bonds is 5. The van der Waals surface area contributed by atoms with Crippen molar-refractivity contribution in [3.63, 3.8) is 0 Å². The van der Waals surface area contributed by atoms with Crippen molar-refractivity contribution < 1.29 is 0 Å². The van der Waals surface area contributed by atoms with E-state index in [2.05, 4.69) is 35.2 Å². The highest BCUT2D eigenvalue weighted by Crippen LogP contribution is 2.28. The number of nitrogens with one attached hydrogen (secondary N) is 1. The van der Waals surface area contributed by atoms with Crippen LogP contribution in [0.25, 0.3) is 11.3 Å². The first-order valence-corrected chi connectivity index (χ1v) is 8.03. The maximum absolute atomic E-state index is 9.51. The van der Waals surface area contributed by atoms with Crippen molar-refractivity contribution in [2.45, 2.75) is 19.0 Å². The second-order valence-electron chi connectivity index (χ2n) is 5.04. The second kappa shape index (κ2) is 7.09. The van der Waals surface area contributed by atoms with E-state index in [-0.39, 0.29) is 0 Å². The van der Waals surface area contributed by atoms with Crippen LogP contribution in [-0.4, -0.2) is 22.8 Å². The van der Waals surface area contributed by atoms with Gasteiger partial charge in [0.25, 0.3) is 0 Å².